The topological polar surface area (TPSA) is 30.3 Å². The predicted octanol–water partition coefficient (Wildman–Crippen LogP) is 0.00338. The van der Waals surface area contributed by atoms with Gasteiger partial charge in [0.15, 0.2) is 0 Å². The summed E-state index contributed by atoms with van der Waals surface area (Å²) in [5, 5.41) is 8.30. The highest BCUT2D eigenvalue weighted by Crippen LogP contribution is 1.81. The number of nitriles is 1. The van der Waals surface area contributed by atoms with Gasteiger partial charge in [-0.3, -0.25) is 4.90 Å². The first-order valence-electron chi connectivity index (χ1n) is 3.37. The minimum absolute atomic E-state index is 0.522. The third kappa shape index (κ3) is 5.54. The van der Waals surface area contributed by atoms with E-state index in [0.717, 1.165) is 13.1 Å². The molecule has 0 fully saturated rings. The van der Waals surface area contributed by atoms with Crippen molar-refractivity contribution in [3.05, 3.63) is 0 Å². The molecule has 0 spiro atoms. The molecule has 0 aromatic heterocycles. The minimum atomic E-state index is 0.522. The van der Waals surface area contributed by atoms with Crippen LogP contribution in [0.5, 0.6) is 0 Å². The monoisotopic (exact) mass is 141 g/mol. The Kier molecular flexibility index (Phi) is 4.91. The van der Waals surface area contributed by atoms with E-state index < -0.39 is 0 Å². The van der Waals surface area contributed by atoms with Gasteiger partial charge in [0.05, 0.1) is 12.6 Å². The Morgan fingerprint density at radius 3 is 2.20 bits per heavy atom. The molecule has 3 heteroatoms. The second-order valence-corrected chi connectivity index (χ2v) is 2.70. The molecule has 0 bridgehead atoms. The molecule has 10 heavy (non-hydrogen) atoms. The van der Waals surface area contributed by atoms with E-state index in [1.54, 1.807) is 0 Å². The molecule has 0 heterocycles. The van der Waals surface area contributed by atoms with Gasteiger partial charge in [0.25, 0.3) is 0 Å². The zero-order valence-corrected chi connectivity index (χ0v) is 6.96. The van der Waals surface area contributed by atoms with Gasteiger partial charge in [-0.15, -0.1) is 0 Å². The van der Waals surface area contributed by atoms with Crippen molar-refractivity contribution in [2.45, 2.75) is 0 Å². The maximum Gasteiger partial charge on any atom is 0.0863 e. The highest BCUT2D eigenvalue weighted by Gasteiger charge is 1.95. The standard InChI is InChI=1S/C7H15N3/c1-9(2)6-7-10(3)5-4-8/h5-7H2,1-3H3. The quantitative estimate of drug-likeness (QED) is 0.516. The van der Waals surface area contributed by atoms with E-state index >= 15 is 0 Å². The normalized spacial score (nSPS) is 10.4. The van der Waals surface area contributed by atoms with Gasteiger partial charge in [0.1, 0.15) is 0 Å². The molecular formula is C7H15N3. The van der Waals surface area contributed by atoms with Crippen molar-refractivity contribution in [2.75, 3.05) is 40.8 Å². The summed E-state index contributed by atoms with van der Waals surface area (Å²) in [6, 6.07) is 2.10. The molecule has 0 unspecified atom stereocenters. The molecule has 0 aliphatic carbocycles. The second kappa shape index (κ2) is 5.21. The van der Waals surface area contributed by atoms with Gasteiger partial charge in [-0.25, -0.2) is 0 Å². The van der Waals surface area contributed by atoms with Crippen molar-refractivity contribution in [1.29, 1.82) is 5.26 Å². The number of hydrogen-bond acceptors (Lipinski definition) is 3. The summed E-state index contributed by atoms with van der Waals surface area (Å²) < 4.78 is 0. The van der Waals surface area contributed by atoms with Crippen LogP contribution < -0.4 is 0 Å². The lowest BCUT2D eigenvalue weighted by Gasteiger charge is -2.15. The summed E-state index contributed by atoms with van der Waals surface area (Å²) in [4.78, 5) is 4.11. The molecule has 0 rings (SSSR count). The van der Waals surface area contributed by atoms with E-state index in [9.17, 15) is 0 Å². The van der Waals surface area contributed by atoms with Crippen LogP contribution in [0.4, 0.5) is 0 Å². The van der Waals surface area contributed by atoms with Crippen LogP contribution in [0, 0.1) is 11.3 Å². The van der Waals surface area contributed by atoms with E-state index in [-0.39, 0.29) is 0 Å². The lowest BCUT2D eigenvalue weighted by molar-refractivity contribution is 0.304. The second-order valence-electron chi connectivity index (χ2n) is 2.70. The summed E-state index contributed by atoms with van der Waals surface area (Å²) in [6.07, 6.45) is 0. The Hall–Kier alpha value is -0.590. The maximum absolute atomic E-state index is 8.30. The zero-order chi connectivity index (χ0) is 7.98. The van der Waals surface area contributed by atoms with Crippen LogP contribution in [0.15, 0.2) is 0 Å². The van der Waals surface area contributed by atoms with Gasteiger partial charge in [0, 0.05) is 13.1 Å². The zero-order valence-electron chi connectivity index (χ0n) is 6.96. The SMILES string of the molecule is CN(C)CCN(C)CC#N. The maximum atomic E-state index is 8.30. The molecule has 0 atom stereocenters. The largest absolute Gasteiger partial charge is 0.308 e. The van der Waals surface area contributed by atoms with Gasteiger partial charge >= 0.3 is 0 Å². The van der Waals surface area contributed by atoms with E-state index in [0.29, 0.717) is 6.54 Å². The Labute approximate surface area is 62.8 Å². The van der Waals surface area contributed by atoms with Crippen molar-refractivity contribution in [1.82, 2.24) is 9.80 Å². The third-order valence-electron chi connectivity index (χ3n) is 1.27. The van der Waals surface area contributed by atoms with E-state index in [1.807, 2.05) is 26.0 Å². The van der Waals surface area contributed by atoms with E-state index in [2.05, 4.69) is 11.0 Å². The van der Waals surface area contributed by atoms with Crippen LogP contribution in [0.25, 0.3) is 0 Å². The van der Waals surface area contributed by atoms with Crippen LogP contribution in [-0.4, -0.2) is 50.6 Å². The number of nitrogens with zero attached hydrogens (tertiary/aromatic N) is 3. The highest BCUT2D eigenvalue weighted by atomic mass is 15.1. The van der Waals surface area contributed by atoms with E-state index in [1.165, 1.54) is 0 Å². The fraction of sp³-hybridized carbons (Fsp3) is 0.857. The van der Waals surface area contributed by atoms with Gasteiger partial charge in [-0.2, -0.15) is 5.26 Å². The van der Waals surface area contributed by atoms with Gasteiger partial charge < -0.3 is 4.90 Å². The molecule has 0 aliphatic rings. The molecule has 0 N–H and O–H groups in total. The Morgan fingerprint density at radius 2 is 1.80 bits per heavy atom. The lowest BCUT2D eigenvalue weighted by atomic mass is 10.5. The molecule has 3 nitrogen and oxygen atoms in total. The fourth-order valence-corrected chi connectivity index (χ4v) is 0.570. The average molecular weight is 141 g/mol. The van der Waals surface area contributed by atoms with Crippen LogP contribution >= 0.6 is 0 Å². The van der Waals surface area contributed by atoms with Crippen molar-refractivity contribution in [2.24, 2.45) is 0 Å². The number of likely N-dealkylation sites (N-methyl/N-ethyl adjacent to an activating group) is 2. The van der Waals surface area contributed by atoms with Crippen molar-refractivity contribution in [3.63, 3.8) is 0 Å². The molecular weight excluding hydrogens is 126 g/mol. The smallest absolute Gasteiger partial charge is 0.0863 e. The highest BCUT2D eigenvalue weighted by molar-refractivity contribution is 4.74. The molecule has 0 radical (unpaired) electrons. The number of hydrogen-bond donors (Lipinski definition) is 0. The van der Waals surface area contributed by atoms with Crippen LogP contribution in [0.2, 0.25) is 0 Å². The Balaban J connectivity index is 3.23. The first-order chi connectivity index (χ1) is 4.66. The van der Waals surface area contributed by atoms with Gasteiger partial charge in [0.2, 0.25) is 0 Å². The fourth-order valence-electron chi connectivity index (χ4n) is 0.570. The lowest BCUT2D eigenvalue weighted by Crippen LogP contribution is -2.28. The molecule has 0 aliphatic heterocycles. The Bertz CT molecular complexity index is 115. The first kappa shape index (κ1) is 9.41. The molecule has 0 aromatic carbocycles. The first-order valence-corrected chi connectivity index (χ1v) is 3.37. The van der Waals surface area contributed by atoms with Crippen molar-refractivity contribution < 1.29 is 0 Å². The number of rotatable bonds is 4. The van der Waals surface area contributed by atoms with Crippen LogP contribution in [0.3, 0.4) is 0 Å². The van der Waals surface area contributed by atoms with Gasteiger partial charge in [-0.1, -0.05) is 0 Å². The summed E-state index contributed by atoms with van der Waals surface area (Å²) in [5.41, 5.74) is 0. The molecule has 58 valence electrons. The predicted molar refractivity (Wildman–Crippen MR) is 41.7 cm³/mol. The van der Waals surface area contributed by atoms with E-state index in [4.69, 9.17) is 5.26 Å². The van der Waals surface area contributed by atoms with Crippen molar-refractivity contribution in [3.8, 4) is 6.07 Å². The molecule has 0 amide bonds. The van der Waals surface area contributed by atoms with Gasteiger partial charge in [-0.05, 0) is 21.1 Å². The summed E-state index contributed by atoms with van der Waals surface area (Å²) in [5.74, 6) is 0. The molecule has 0 aromatic rings. The Morgan fingerprint density at radius 1 is 1.20 bits per heavy atom. The summed E-state index contributed by atoms with van der Waals surface area (Å²) in [6.45, 7) is 2.49. The van der Waals surface area contributed by atoms with Crippen LogP contribution in [-0.2, 0) is 0 Å². The summed E-state index contributed by atoms with van der Waals surface area (Å²) in [7, 11) is 6.01. The molecule has 0 saturated heterocycles. The third-order valence-corrected chi connectivity index (χ3v) is 1.27. The molecule has 0 saturated carbocycles. The summed E-state index contributed by atoms with van der Waals surface area (Å²) >= 11 is 0. The average Bonchev–Trinajstić information content (AvgIpc) is 1.85. The van der Waals surface area contributed by atoms with Crippen molar-refractivity contribution >= 4 is 0 Å². The minimum Gasteiger partial charge on any atom is -0.308 e. The van der Waals surface area contributed by atoms with Crippen LogP contribution in [0.1, 0.15) is 0 Å².